The largest absolute Gasteiger partial charge is 0.406 e. The number of nitrogens with zero attached hydrogens (tertiary/aromatic N) is 2. The number of rotatable bonds is 3. The Morgan fingerprint density at radius 3 is 2.93 bits per heavy atom. The standard InChI is InChI=1S/C17H21F3N4O3/c1-10(25)22-14-6-11(2-3-21-14)12-7-15(23-16(26)8-12)24-4-5-27-9-13(24)17(18,19)20/h2-3,6,12-13,15H,4-5,7-9H2,1H3,(H,23,26)(H,21,22,25). The molecule has 3 atom stereocenters. The lowest BCUT2D eigenvalue weighted by molar-refractivity contribution is -0.221. The first kappa shape index (κ1) is 19.6. The van der Waals surface area contributed by atoms with Gasteiger partial charge in [0.05, 0.1) is 19.4 Å². The molecule has 2 N–H and O–H groups in total. The summed E-state index contributed by atoms with van der Waals surface area (Å²) < 4.78 is 45.1. The maximum atomic E-state index is 13.4. The predicted octanol–water partition coefficient (Wildman–Crippen LogP) is 1.62. The number of piperidine rings is 1. The molecular formula is C17H21F3N4O3. The maximum Gasteiger partial charge on any atom is 0.406 e. The van der Waals surface area contributed by atoms with Gasteiger partial charge in [-0.25, -0.2) is 4.98 Å². The molecule has 27 heavy (non-hydrogen) atoms. The maximum absolute atomic E-state index is 13.4. The molecule has 2 saturated heterocycles. The van der Waals surface area contributed by atoms with Crippen molar-refractivity contribution >= 4 is 17.6 Å². The van der Waals surface area contributed by atoms with Crippen LogP contribution in [0.2, 0.25) is 0 Å². The Balaban J connectivity index is 1.80. The molecule has 1 aromatic rings. The second-order valence-corrected chi connectivity index (χ2v) is 6.75. The number of carbonyl (C=O) groups is 2. The highest BCUT2D eigenvalue weighted by molar-refractivity contribution is 5.87. The molecule has 0 spiro atoms. The molecule has 0 bridgehead atoms. The van der Waals surface area contributed by atoms with E-state index in [1.165, 1.54) is 18.0 Å². The molecule has 2 aliphatic rings. The number of anilines is 1. The number of nitrogens with one attached hydrogen (secondary N) is 2. The van der Waals surface area contributed by atoms with Crippen molar-refractivity contribution in [3.63, 3.8) is 0 Å². The van der Waals surface area contributed by atoms with E-state index in [4.69, 9.17) is 4.74 Å². The third-order valence-electron chi connectivity index (χ3n) is 4.77. The van der Waals surface area contributed by atoms with Gasteiger partial charge >= 0.3 is 6.18 Å². The van der Waals surface area contributed by atoms with Crippen molar-refractivity contribution in [1.29, 1.82) is 0 Å². The number of morpholine rings is 1. The molecular weight excluding hydrogens is 365 g/mol. The summed E-state index contributed by atoms with van der Waals surface area (Å²) in [6.07, 6.45) is -3.16. The summed E-state index contributed by atoms with van der Waals surface area (Å²) in [6.45, 7) is 1.19. The van der Waals surface area contributed by atoms with Crippen LogP contribution in [0.15, 0.2) is 18.3 Å². The van der Waals surface area contributed by atoms with Crippen LogP contribution < -0.4 is 10.6 Å². The van der Waals surface area contributed by atoms with E-state index >= 15 is 0 Å². The molecule has 7 nitrogen and oxygen atoms in total. The summed E-state index contributed by atoms with van der Waals surface area (Å²) in [5, 5.41) is 5.25. The summed E-state index contributed by atoms with van der Waals surface area (Å²) in [6, 6.07) is 1.62. The van der Waals surface area contributed by atoms with Gasteiger partial charge in [0.15, 0.2) is 0 Å². The minimum atomic E-state index is -4.44. The van der Waals surface area contributed by atoms with Gasteiger partial charge in [-0.05, 0) is 30.0 Å². The number of pyridine rings is 1. The molecule has 148 valence electrons. The number of ether oxygens (including phenoxy) is 1. The second-order valence-electron chi connectivity index (χ2n) is 6.75. The van der Waals surface area contributed by atoms with Crippen LogP contribution in [0.25, 0.3) is 0 Å². The average molecular weight is 386 g/mol. The van der Waals surface area contributed by atoms with Crippen molar-refractivity contribution in [3.8, 4) is 0 Å². The number of hydrogen-bond donors (Lipinski definition) is 2. The zero-order chi connectivity index (χ0) is 19.6. The van der Waals surface area contributed by atoms with Gasteiger partial charge < -0.3 is 15.4 Å². The van der Waals surface area contributed by atoms with Crippen molar-refractivity contribution in [3.05, 3.63) is 23.9 Å². The summed E-state index contributed by atoms with van der Waals surface area (Å²) in [5.74, 6) is -0.500. The minimum absolute atomic E-state index is 0.0926. The first-order valence-electron chi connectivity index (χ1n) is 8.67. The van der Waals surface area contributed by atoms with Crippen LogP contribution in [0.5, 0.6) is 0 Å². The fraction of sp³-hybridized carbons (Fsp3) is 0.588. The first-order valence-corrected chi connectivity index (χ1v) is 8.67. The van der Waals surface area contributed by atoms with Gasteiger partial charge in [-0.15, -0.1) is 0 Å². The zero-order valence-corrected chi connectivity index (χ0v) is 14.8. The smallest absolute Gasteiger partial charge is 0.378 e. The predicted molar refractivity (Wildman–Crippen MR) is 89.8 cm³/mol. The molecule has 2 amide bonds. The lowest BCUT2D eigenvalue weighted by Gasteiger charge is -2.44. The van der Waals surface area contributed by atoms with E-state index in [1.807, 2.05) is 0 Å². The Morgan fingerprint density at radius 1 is 1.44 bits per heavy atom. The SMILES string of the molecule is CC(=O)Nc1cc(C2CC(=O)NC(N3CCOCC3C(F)(F)F)C2)ccn1. The van der Waals surface area contributed by atoms with Gasteiger partial charge in [0.2, 0.25) is 11.8 Å². The van der Waals surface area contributed by atoms with E-state index in [2.05, 4.69) is 15.6 Å². The molecule has 2 aliphatic heterocycles. The molecule has 1 aromatic heterocycles. The summed E-state index contributed by atoms with van der Waals surface area (Å²) in [5.41, 5.74) is 0.755. The van der Waals surface area contributed by atoms with Gasteiger partial charge in [-0.3, -0.25) is 14.5 Å². The number of hydrogen-bond acceptors (Lipinski definition) is 5. The van der Waals surface area contributed by atoms with Gasteiger partial charge in [-0.1, -0.05) is 0 Å². The highest BCUT2D eigenvalue weighted by Crippen LogP contribution is 2.34. The number of carbonyl (C=O) groups excluding carboxylic acids is 2. The number of alkyl halides is 3. The van der Waals surface area contributed by atoms with E-state index in [0.717, 1.165) is 5.56 Å². The van der Waals surface area contributed by atoms with E-state index in [9.17, 15) is 22.8 Å². The molecule has 0 aliphatic carbocycles. The molecule has 0 aromatic carbocycles. The average Bonchev–Trinajstić information content (AvgIpc) is 2.60. The highest BCUT2D eigenvalue weighted by atomic mass is 19.4. The van der Waals surface area contributed by atoms with Crippen molar-refractivity contribution in [2.75, 3.05) is 25.1 Å². The topological polar surface area (TPSA) is 83.6 Å². The van der Waals surface area contributed by atoms with Crippen LogP contribution in [0, 0.1) is 0 Å². The Hall–Kier alpha value is -2.20. The van der Waals surface area contributed by atoms with E-state index in [0.29, 0.717) is 12.2 Å². The number of aromatic nitrogens is 1. The third-order valence-corrected chi connectivity index (χ3v) is 4.77. The van der Waals surface area contributed by atoms with Crippen LogP contribution >= 0.6 is 0 Å². The van der Waals surface area contributed by atoms with Gasteiger partial charge in [0.25, 0.3) is 0 Å². The van der Waals surface area contributed by atoms with Gasteiger partial charge in [0.1, 0.15) is 11.9 Å². The molecule has 0 saturated carbocycles. The van der Waals surface area contributed by atoms with Gasteiger partial charge in [0, 0.05) is 26.1 Å². The van der Waals surface area contributed by atoms with Crippen LogP contribution in [0.4, 0.5) is 19.0 Å². The Morgan fingerprint density at radius 2 is 2.22 bits per heavy atom. The molecule has 3 rings (SSSR count). The normalized spacial score (nSPS) is 27.1. The van der Waals surface area contributed by atoms with Crippen LogP contribution in [0.3, 0.4) is 0 Å². The minimum Gasteiger partial charge on any atom is -0.378 e. The summed E-state index contributed by atoms with van der Waals surface area (Å²) in [4.78, 5) is 28.7. The fourth-order valence-electron chi connectivity index (χ4n) is 3.57. The molecule has 0 radical (unpaired) electrons. The molecule has 3 heterocycles. The van der Waals surface area contributed by atoms with Crippen molar-refractivity contribution in [1.82, 2.24) is 15.2 Å². The van der Waals surface area contributed by atoms with Crippen molar-refractivity contribution in [2.45, 2.75) is 44.1 Å². The monoisotopic (exact) mass is 386 g/mol. The Bertz CT molecular complexity index is 713. The summed E-state index contributed by atoms with van der Waals surface area (Å²) in [7, 11) is 0. The fourth-order valence-corrected chi connectivity index (χ4v) is 3.57. The molecule has 10 heteroatoms. The number of amides is 2. The zero-order valence-electron chi connectivity index (χ0n) is 14.8. The van der Waals surface area contributed by atoms with Gasteiger partial charge in [-0.2, -0.15) is 13.2 Å². The molecule has 2 fully saturated rings. The van der Waals surface area contributed by atoms with Crippen LogP contribution in [0.1, 0.15) is 31.2 Å². The van der Waals surface area contributed by atoms with Crippen molar-refractivity contribution in [2.24, 2.45) is 0 Å². The number of halogens is 3. The first-order chi connectivity index (χ1) is 12.7. The lowest BCUT2D eigenvalue weighted by Crippen LogP contribution is -2.63. The Labute approximate surface area is 154 Å². The van der Waals surface area contributed by atoms with Crippen LogP contribution in [-0.4, -0.2) is 59.8 Å². The quantitative estimate of drug-likeness (QED) is 0.825. The second kappa shape index (κ2) is 7.81. The third kappa shape index (κ3) is 4.75. The highest BCUT2D eigenvalue weighted by Gasteiger charge is 2.48. The summed E-state index contributed by atoms with van der Waals surface area (Å²) >= 11 is 0. The molecule has 3 unspecified atom stereocenters. The van der Waals surface area contributed by atoms with E-state index in [-0.39, 0.29) is 37.3 Å². The van der Waals surface area contributed by atoms with Crippen LogP contribution in [-0.2, 0) is 14.3 Å². The van der Waals surface area contributed by atoms with Crippen molar-refractivity contribution < 1.29 is 27.5 Å². The Kier molecular flexibility index (Phi) is 5.66. The van der Waals surface area contributed by atoms with E-state index in [1.54, 1.807) is 12.1 Å². The lowest BCUT2D eigenvalue weighted by atomic mass is 9.88. The van der Waals surface area contributed by atoms with E-state index < -0.39 is 25.0 Å².